The molecule has 0 saturated heterocycles. The molecule has 0 bridgehead atoms. The highest BCUT2D eigenvalue weighted by molar-refractivity contribution is 9.09. The van der Waals surface area contributed by atoms with Gasteiger partial charge in [0.05, 0.1) is 11.4 Å². The highest BCUT2D eigenvalue weighted by Crippen LogP contribution is 2.12. The molecule has 0 aliphatic carbocycles. The lowest BCUT2D eigenvalue weighted by Gasteiger charge is -2.25. The number of alkyl halides is 1. The number of aromatic nitrogens is 2. The van der Waals surface area contributed by atoms with Crippen molar-refractivity contribution < 1.29 is 0 Å². The molecule has 1 heterocycles. The molecule has 1 aromatic rings. The van der Waals surface area contributed by atoms with Gasteiger partial charge in [0.2, 0.25) is 0 Å². The summed E-state index contributed by atoms with van der Waals surface area (Å²) >= 11 is 3.49. The number of nitrogens with one attached hydrogen (secondary N) is 1. The molecule has 92 valence electrons. The Morgan fingerprint density at radius 2 is 2.19 bits per heavy atom. The van der Waals surface area contributed by atoms with E-state index in [0.717, 1.165) is 30.5 Å². The summed E-state index contributed by atoms with van der Waals surface area (Å²) in [6, 6.07) is 2.15. The predicted octanol–water partition coefficient (Wildman–Crippen LogP) is 2.86. The van der Waals surface area contributed by atoms with E-state index in [1.165, 1.54) is 5.69 Å². The summed E-state index contributed by atoms with van der Waals surface area (Å²) in [4.78, 5) is 0. The maximum atomic E-state index is 4.44. The number of hydrogen-bond acceptors (Lipinski definition) is 2. The number of hydrogen-bond donors (Lipinski definition) is 1. The van der Waals surface area contributed by atoms with Crippen LogP contribution >= 0.6 is 15.9 Å². The summed E-state index contributed by atoms with van der Waals surface area (Å²) in [6.45, 7) is 10.4. The highest BCUT2D eigenvalue weighted by atomic mass is 79.9. The second-order valence-electron chi connectivity index (χ2n) is 4.77. The van der Waals surface area contributed by atoms with Crippen LogP contribution in [-0.2, 0) is 13.1 Å². The van der Waals surface area contributed by atoms with Crippen molar-refractivity contribution in [1.82, 2.24) is 15.1 Å². The lowest BCUT2D eigenvalue weighted by Crippen LogP contribution is -2.39. The molecule has 1 rings (SSSR count). The first kappa shape index (κ1) is 13.7. The van der Waals surface area contributed by atoms with Crippen LogP contribution in [0.1, 0.15) is 38.6 Å². The van der Waals surface area contributed by atoms with E-state index in [4.69, 9.17) is 0 Å². The third kappa shape index (κ3) is 3.91. The largest absolute Gasteiger partial charge is 0.306 e. The van der Waals surface area contributed by atoms with E-state index in [-0.39, 0.29) is 5.54 Å². The number of nitrogens with zero attached hydrogens (tertiary/aromatic N) is 2. The van der Waals surface area contributed by atoms with Crippen LogP contribution in [0.15, 0.2) is 6.07 Å². The molecule has 0 saturated carbocycles. The van der Waals surface area contributed by atoms with E-state index < -0.39 is 0 Å². The van der Waals surface area contributed by atoms with Gasteiger partial charge >= 0.3 is 0 Å². The first-order valence-corrected chi connectivity index (χ1v) is 6.95. The maximum absolute atomic E-state index is 4.44. The summed E-state index contributed by atoms with van der Waals surface area (Å²) in [5.74, 6) is 0. The van der Waals surface area contributed by atoms with Crippen molar-refractivity contribution in [3.63, 3.8) is 0 Å². The van der Waals surface area contributed by atoms with Gasteiger partial charge in [-0.2, -0.15) is 5.10 Å². The molecule has 16 heavy (non-hydrogen) atoms. The standard InChI is InChI=1S/C12H22BrN3/c1-5-16-11(8-10(2)15-16)9-14-12(3,4)6-7-13/h8,14H,5-7,9H2,1-4H3. The Morgan fingerprint density at radius 1 is 1.50 bits per heavy atom. The third-order valence-corrected chi connectivity index (χ3v) is 3.15. The van der Waals surface area contributed by atoms with Crippen molar-refractivity contribution in [2.45, 2.75) is 52.7 Å². The van der Waals surface area contributed by atoms with Gasteiger partial charge in [-0.15, -0.1) is 0 Å². The van der Waals surface area contributed by atoms with Gasteiger partial charge in [-0.3, -0.25) is 4.68 Å². The van der Waals surface area contributed by atoms with Gasteiger partial charge in [0.25, 0.3) is 0 Å². The van der Waals surface area contributed by atoms with Crippen LogP contribution in [0, 0.1) is 6.92 Å². The Morgan fingerprint density at radius 3 is 2.75 bits per heavy atom. The molecule has 0 aromatic carbocycles. The molecular formula is C12H22BrN3. The van der Waals surface area contributed by atoms with Gasteiger partial charge in [-0.25, -0.2) is 0 Å². The van der Waals surface area contributed by atoms with E-state index in [2.05, 4.69) is 57.9 Å². The normalized spacial score (nSPS) is 12.1. The second-order valence-corrected chi connectivity index (χ2v) is 5.56. The average Bonchev–Trinajstić information content (AvgIpc) is 2.56. The number of rotatable bonds is 6. The molecule has 1 aromatic heterocycles. The van der Waals surface area contributed by atoms with E-state index in [1.54, 1.807) is 0 Å². The number of halogens is 1. The van der Waals surface area contributed by atoms with Crippen LogP contribution in [-0.4, -0.2) is 20.6 Å². The fourth-order valence-corrected chi connectivity index (χ4v) is 2.66. The lowest BCUT2D eigenvalue weighted by atomic mass is 10.0. The Labute approximate surface area is 107 Å². The Hall–Kier alpha value is -0.350. The average molecular weight is 288 g/mol. The third-order valence-electron chi connectivity index (χ3n) is 2.75. The van der Waals surface area contributed by atoms with Crippen molar-refractivity contribution >= 4 is 15.9 Å². The van der Waals surface area contributed by atoms with E-state index in [9.17, 15) is 0 Å². The first-order valence-electron chi connectivity index (χ1n) is 5.83. The molecule has 0 aliphatic rings. The summed E-state index contributed by atoms with van der Waals surface area (Å²) in [7, 11) is 0. The molecule has 0 spiro atoms. The van der Waals surface area contributed by atoms with Gasteiger partial charge in [0.1, 0.15) is 0 Å². The van der Waals surface area contributed by atoms with Crippen LogP contribution in [0.5, 0.6) is 0 Å². The first-order chi connectivity index (χ1) is 7.48. The zero-order valence-corrected chi connectivity index (χ0v) is 12.3. The zero-order chi connectivity index (χ0) is 12.2. The molecule has 0 unspecified atom stereocenters. The number of aryl methyl sites for hydroxylation is 2. The second kappa shape index (κ2) is 5.82. The van der Waals surface area contributed by atoms with Crippen molar-refractivity contribution in [2.24, 2.45) is 0 Å². The monoisotopic (exact) mass is 287 g/mol. The highest BCUT2D eigenvalue weighted by Gasteiger charge is 2.16. The van der Waals surface area contributed by atoms with Gasteiger partial charge in [0, 0.05) is 24.0 Å². The quantitative estimate of drug-likeness (QED) is 0.816. The molecule has 1 N–H and O–H groups in total. The van der Waals surface area contributed by atoms with Crippen molar-refractivity contribution in [2.75, 3.05) is 5.33 Å². The minimum Gasteiger partial charge on any atom is -0.306 e. The molecule has 3 nitrogen and oxygen atoms in total. The Bertz CT molecular complexity index is 331. The SMILES string of the molecule is CCn1nc(C)cc1CNC(C)(C)CCBr. The van der Waals surface area contributed by atoms with Gasteiger partial charge in [-0.1, -0.05) is 15.9 Å². The molecule has 0 atom stereocenters. The molecule has 0 radical (unpaired) electrons. The van der Waals surface area contributed by atoms with Gasteiger partial charge in [0.15, 0.2) is 0 Å². The summed E-state index contributed by atoms with van der Waals surface area (Å²) in [5, 5.41) is 9.04. The molecular weight excluding hydrogens is 266 g/mol. The van der Waals surface area contributed by atoms with Crippen LogP contribution in [0.3, 0.4) is 0 Å². The van der Waals surface area contributed by atoms with Crippen LogP contribution in [0.4, 0.5) is 0 Å². The van der Waals surface area contributed by atoms with Gasteiger partial charge in [-0.05, 0) is 40.2 Å². The summed E-state index contributed by atoms with van der Waals surface area (Å²) in [6.07, 6.45) is 1.12. The maximum Gasteiger partial charge on any atom is 0.0597 e. The smallest absolute Gasteiger partial charge is 0.0597 e. The van der Waals surface area contributed by atoms with Crippen molar-refractivity contribution in [1.29, 1.82) is 0 Å². The van der Waals surface area contributed by atoms with E-state index >= 15 is 0 Å². The topological polar surface area (TPSA) is 29.9 Å². The van der Waals surface area contributed by atoms with Gasteiger partial charge < -0.3 is 5.32 Å². The fraction of sp³-hybridized carbons (Fsp3) is 0.750. The van der Waals surface area contributed by atoms with Crippen LogP contribution < -0.4 is 5.32 Å². The molecule has 0 aliphatic heterocycles. The lowest BCUT2D eigenvalue weighted by molar-refractivity contribution is 0.370. The minimum atomic E-state index is 0.167. The Balaban J connectivity index is 2.60. The molecule has 0 amide bonds. The minimum absolute atomic E-state index is 0.167. The Kier molecular flexibility index (Phi) is 4.99. The van der Waals surface area contributed by atoms with Crippen LogP contribution in [0.25, 0.3) is 0 Å². The summed E-state index contributed by atoms with van der Waals surface area (Å²) in [5.41, 5.74) is 2.53. The predicted molar refractivity (Wildman–Crippen MR) is 72.0 cm³/mol. The van der Waals surface area contributed by atoms with Crippen molar-refractivity contribution in [3.8, 4) is 0 Å². The fourth-order valence-electron chi connectivity index (χ4n) is 1.67. The van der Waals surface area contributed by atoms with Crippen LogP contribution in [0.2, 0.25) is 0 Å². The van der Waals surface area contributed by atoms with E-state index in [1.807, 2.05) is 6.92 Å². The van der Waals surface area contributed by atoms with E-state index in [0.29, 0.717) is 0 Å². The molecule has 0 fully saturated rings. The summed E-state index contributed by atoms with van der Waals surface area (Å²) < 4.78 is 2.06. The van der Waals surface area contributed by atoms with Crippen molar-refractivity contribution in [3.05, 3.63) is 17.5 Å². The zero-order valence-electron chi connectivity index (χ0n) is 10.7. The molecule has 4 heteroatoms.